The summed E-state index contributed by atoms with van der Waals surface area (Å²) < 4.78 is 9.61. The van der Waals surface area contributed by atoms with E-state index < -0.39 is 36.6 Å². The average Bonchev–Trinajstić information content (AvgIpc) is 2.81. The highest BCUT2D eigenvalue weighted by molar-refractivity contribution is 6.09. The van der Waals surface area contributed by atoms with E-state index >= 15 is 0 Å². The monoisotopic (exact) mass is 355 g/mol. The minimum atomic E-state index is -0.910. The first kappa shape index (κ1) is 19.2. The van der Waals surface area contributed by atoms with Gasteiger partial charge in [-0.2, -0.15) is 0 Å². The van der Waals surface area contributed by atoms with Gasteiger partial charge >= 0.3 is 12.0 Å². The molecule has 2 aliphatic rings. The molecule has 0 bridgehead atoms. The first-order chi connectivity index (χ1) is 11.9. The topological polar surface area (TPSA) is 114 Å². The molecule has 2 N–H and O–H groups in total. The number of hydrogen-bond donors (Lipinski definition) is 2. The largest absolute Gasteiger partial charge is 0.454 e. The van der Waals surface area contributed by atoms with E-state index in [9.17, 15) is 19.2 Å². The summed E-state index contributed by atoms with van der Waals surface area (Å²) in [5.41, 5.74) is -0.910. The van der Waals surface area contributed by atoms with Crippen molar-refractivity contribution in [1.29, 1.82) is 0 Å². The second kappa shape index (κ2) is 8.28. The Balaban J connectivity index is 1.85. The molecule has 4 amide bonds. The summed E-state index contributed by atoms with van der Waals surface area (Å²) in [5, 5.41) is 5.26. The quantitative estimate of drug-likeness (QED) is 0.371. The summed E-state index contributed by atoms with van der Waals surface area (Å²) in [5.74, 6) is -1.64. The lowest BCUT2D eigenvalue weighted by molar-refractivity contribution is -0.151. The second-order valence-electron chi connectivity index (χ2n) is 6.44. The number of methoxy groups -OCH3 is 1. The third-order valence-electron chi connectivity index (χ3n) is 4.78. The van der Waals surface area contributed by atoms with E-state index in [-0.39, 0.29) is 11.8 Å². The van der Waals surface area contributed by atoms with Gasteiger partial charge in [-0.05, 0) is 18.8 Å². The van der Waals surface area contributed by atoms with Gasteiger partial charge in [0, 0.05) is 13.7 Å². The Kier molecular flexibility index (Phi) is 6.35. The van der Waals surface area contributed by atoms with E-state index in [0.29, 0.717) is 19.6 Å². The van der Waals surface area contributed by atoms with Gasteiger partial charge in [-0.3, -0.25) is 19.3 Å². The van der Waals surface area contributed by atoms with Gasteiger partial charge in [-0.25, -0.2) is 4.79 Å². The van der Waals surface area contributed by atoms with Gasteiger partial charge in [0.25, 0.3) is 11.8 Å². The number of ether oxygens (including phenoxy) is 2. The molecule has 140 valence electrons. The number of amides is 4. The Morgan fingerprint density at radius 2 is 2.12 bits per heavy atom. The highest BCUT2D eigenvalue weighted by atomic mass is 16.5. The molecule has 0 aromatic carbocycles. The van der Waals surface area contributed by atoms with Gasteiger partial charge in [0.2, 0.25) is 0 Å². The molecule has 9 heteroatoms. The zero-order chi connectivity index (χ0) is 18.4. The number of rotatable bonds is 7. The molecule has 1 aliphatic carbocycles. The third-order valence-corrected chi connectivity index (χ3v) is 4.78. The van der Waals surface area contributed by atoms with Crippen molar-refractivity contribution in [1.82, 2.24) is 15.5 Å². The Morgan fingerprint density at radius 1 is 1.36 bits per heavy atom. The van der Waals surface area contributed by atoms with Gasteiger partial charge < -0.3 is 20.1 Å². The molecule has 0 aromatic rings. The SMILES string of the molecule is COCCNC(=O)COC(=O)CN1C(=O)N[C@]2(CCCC[C@@H]2C)C1=O. The van der Waals surface area contributed by atoms with Crippen molar-refractivity contribution in [2.45, 2.75) is 38.1 Å². The van der Waals surface area contributed by atoms with Crippen LogP contribution in [0.25, 0.3) is 0 Å². The van der Waals surface area contributed by atoms with Crippen LogP contribution in [0.3, 0.4) is 0 Å². The number of imide groups is 1. The first-order valence-corrected chi connectivity index (χ1v) is 8.46. The molecule has 2 fully saturated rings. The van der Waals surface area contributed by atoms with Crippen molar-refractivity contribution in [2.24, 2.45) is 5.92 Å². The van der Waals surface area contributed by atoms with Crippen molar-refractivity contribution in [2.75, 3.05) is 33.4 Å². The number of carbonyl (C=O) groups is 4. The minimum absolute atomic E-state index is 0.0188. The molecule has 2 rings (SSSR count). The Labute approximate surface area is 146 Å². The Bertz CT molecular complexity index is 552. The third kappa shape index (κ3) is 4.28. The lowest BCUT2D eigenvalue weighted by Crippen LogP contribution is -2.54. The first-order valence-electron chi connectivity index (χ1n) is 8.46. The fourth-order valence-electron chi connectivity index (χ4n) is 3.30. The van der Waals surface area contributed by atoms with Crippen molar-refractivity contribution < 1.29 is 28.7 Å². The molecule has 1 spiro atoms. The maximum Gasteiger partial charge on any atom is 0.326 e. The summed E-state index contributed by atoms with van der Waals surface area (Å²) >= 11 is 0. The lowest BCUT2D eigenvalue weighted by Gasteiger charge is -2.36. The number of hydrogen-bond acceptors (Lipinski definition) is 6. The second-order valence-corrected chi connectivity index (χ2v) is 6.44. The van der Waals surface area contributed by atoms with Crippen molar-refractivity contribution in [3.05, 3.63) is 0 Å². The molecule has 1 aliphatic heterocycles. The van der Waals surface area contributed by atoms with Crippen molar-refractivity contribution in [3.8, 4) is 0 Å². The molecule has 0 radical (unpaired) electrons. The Morgan fingerprint density at radius 3 is 2.80 bits per heavy atom. The number of carbonyl (C=O) groups excluding carboxylic acids is 4. The molecular formula is C16H25N3O6. The minimum Gasteiger partial charge on any atom is -0.454 e. The summed E-state index contributed by atoms with van der Waals surface area (Å²) in [7, 11) is 1.50. The van der Waals surface area contributed by atoms with Crippen LogP contribution in [-0.2, 0) is 23.9 Å². The smallest absolute Gasteiger partial charge is 0.326 e. The maximum atomic E-state index is 12.7. The van der Waals surface area contributed by atoms with Crippen LogP contribution in [0.4, 0.5) is 4.79 Å². The molecular weight excluding hydrogens is 330 g/mol. The fourth-order valence-corrected chi connectivity index (χ4v) is 3.30. The van der Waals surface area contributed by atoms with E-state index in [1.807, 2.05) is 6.92 Å². The molecule has 1 heterocycles. The van der Waals surface area contributed by atoms with E-state index in [1.165, 1.54) is 7.11 Å². The number of nitrogens with zero attached hydrogens (tertiary/aromatic N) is 1. The standard InChI is InChI=1S/C16H25N3O6/c1-11-5-3-4-6-16(11)14(22)19(15(23)18-16)9-13(21)25-10-12(20)17-7-8-24-2/h11H,3-10H2,1-2H3,(H,17,20)(H,18,23)/t11-,16-/m0/s1. The van der Waals surface area contributed by atoms with E-state index in [2.05, 4.69) is 10.6 Å². The number of nitrogens with one attached hydrogen (secondary N) is 2. The van der Waals surface area contributed by atoms with Gasteiger partial charge in [0.15, 0.2) is 6.61 Å². The van der Waals surface area contributed by atoms with Gasteiger partial charge in [-0.15, -0.1) is 0 Å². The zero-order valence-electron chi connectivity index (χ0n) is 14.6. The van der Waals surface area contributed by atoms with Crippen LogP contribution in [-0.4, -0.2) is 67.7 Å². The highest BCUT2D eigenvalue weighted by Crippen LogP contribution is 2.38. The van der Waals surface area contributed by atoms with E-state index in [0.717, 1.165) is 24.2 Å². The molecule has 9 nitrogen and oxygen atoms in total. The van der Waals surface area contributed by atoms with Gasteiger partial charge in [0.05, 0.1) is 6.61 Å². The number of esters is 1. The van der Waals surface area contributed by atoms with Crippen LogP contribution < -0.4 is 10.6 Å². The summed E-state index contributed by atoms with van der Waals surface area (Å²) in [6.07, 6.45) is 3.31. The summed E-state index contributed by atoms with van der Waals surface area (Å²) in [6.45, 7) is 1.63. The lowest BCUT2D eigenvalue weighted by atomic mass is 9.73. The Hall–Kier alpha value is -2.16. The molecule has 2 atom stereocenters. The predicted octanol–water partition coefficient (Wildman–Crippen LogP) is -0.207. The molecule has 1 saturated heterocycles. The maximum absolute atomic E-state index is 12.7. The van der Waals surface area contributed by atoms with Crippen LogP contribution in [0.1, 0.15) is 32.6 Å². The molecule has 25 heavy (non-hydrogen) atoms. The summed E-state index contributed by atoms with van der Waals surface area (Å²) in [4.78, 5) is 49.1. The van der Waals surface area contributed by atoms with Gasteiger partial charge in [-0.1, -0.05) is 19.8 Å². The fraction of sp³-hybridized carbons (Fsp3) is 0.750. The van der Waals surface area contributed by atoms with Crippen LogP contribution in [0, 0.1) is 5.92 Å². The predicted molar refractivity (Wildman–Crippen MR) is 86.5 cm³/mol. The molecule has 0 unspecified atom stereocenters. The highest BCUT2D eigenvalue weighted by Gasteiger charge is 2.55. The van der Waals surface area contributed by atoms with Crippen molar-refractivity contribution >= 4 is 23.8 Å². The van der Waals surface area contributed by atoms with Crippen LogP contribution in [0.15, 0.2) is 0 Å². The van der Waals surface area contributed by atoms with E-state index in [1.54, 1.807) is 0 Å². The van der Waals surface area contributed by atoms with Crippen LogP contribution >= 0.6 is 0 Å². The van der Waals surface area contributed by atoms with E-state index in [4.69, 9.17) is 9.47 Å². The zero-order valence-corrected chi connectivity index (χ0v) is 14.6. The summed E-state index contributed by atoms with van der Waals surface area (Å²) in [6, 6.07) is -0.583. The number of urea groups is 1. The normalized spacial score (nSPS) is 25.8. The van der Waals surface area contributed by atoms with Crippen molar-refractivity contribution in [3.63, 3.8) is 0 Å². The average molecular weight is 355 g/mol. The van der Waals surface area contributed by atoms with Crippen LogP contribution in [0.5, 0.6) is 0 Å². The molecule has 0 aromatic heterocycles. The molecule has 1 saturated carbocycles. The van der Waals surface area contributed by atoms with Gasteiger partial charge in [0.1, 0.15) is 12.1 Å². The van der Waals surface area contributed by atoms with Crippen LogP contribution in [0.2, 0.25) is 0 Å².